The Morgan fingerprint density at radius 1 is 1.46 bits per heavy atom. The van der Waals surface area contributed by atoms with Gasteiger partial charge in [-0.1, -0.05) is 17.7 Å². The molecule has 2 amide bonds. The quantitative estimate of drug-likeness (QED) is 0.837. The van der Waals surface area contributed by atoms with Crippen LogP contribution >= 0.6 is 11.6 Å². The number of esters is 1. The third-order valence-corrected chi connectivity index (χ3v) is 3.81. The van der Waals surface area contributed by atoms with Crippen LogP contribution in [0.15, 0.2) is 34.9 Å². The van der Waals surface area contributed by atoms with Gasteiger partial charge in [-0.05, 0) is 31.0 Å². The van der Waals surface area contributed by atoms with E-state index in [0.29, 0.717) is 10.7 Å². The first-order chi connectivity index (χ1) is 11.6. The van der Waals surface area contributed by atoms with Crippen molar-refractivity contribution in [1.82, 2.24) is 9.88 Å². The number of hydrogen-bond acceptors (Lipinski definition) is 5. The maximum absolute atomic E-state index is 12.5. The van der Waals surface area contributed by atoms with Crippen molar-refractivity contribution in [3.05, 3.63) is 47.1 Å². The zero-order chi connectivity index (χ0) is 17.1. The summed E-state index contributed by atoms with van der Waals surface area (Å²) in [5.41, 5.74) is 0.694. The molecule has 0 radical (unpaired) electrons. The summed E-state index contributed by atoms with van der Waals surface area (Å²) in [6, 6.07) is 6.79. The van der Waals surface area contributed by atoms with E-state index in [1.54, 1.807) is 29.2 Å². The number of rotatable bonds is 5. The fraction of sp³-hybridized carbons (Fsp3) is 0.312. The molecule has 1 aliphatic carbocycles. The summed E-state index contributed by atoms with van der Waals surface area (Å²) in [7, 11) is 1.27. The van der Waals surface area contributed by atoms with Crippen LogP contribution in [0, 0.1) is 0 Å². The van der Waals surface area contributed by atoms with Crippen molar-refractivity contribution < 1.29 is 18.7 Å². The van der Waals surface area contributed by atoms with Crippen LogP contribution in [0.2, 0.25) is 5.02 Å². The largest absolute Gasteiger partial charge is 0.464 e. The summed E-state index contributed by atoms with van der Waals surface area (Å²) in [5, 5.41) is 3.35. The van der Waals surface area contributed by atoms with Gasteiger partial charge >= 0.3 is 12.0 Å². The van der Waals surface area contributed by atoms with E-state index < -0.39 is 5.97 Å². The van der Waals surface area contributed by atoms with E-state index in [0.717, 1.165) is 12.8 Å². The minimum absolute atomic E-state index is 0.0819. The number of benzene rings is 1. The van der Waals surface area contributed by atoms with Crippen LogP contribution in [0.1, 0.15) is 29.2 Å². The highest BCUT2D eigenvalue weighted by atomic mass is 35.5. The van der Waals surface area contributed by atoms with Gasteiger partial charge in [0, 0.05) is 16.8 Å². The van der Waals surface area contributed by atoms with Crippen molar-refractivity contribution in [3.63, 3.8) is 0 Å². The number of urea groups is 1. The average molecular weight is 350 g/mol. The second-order valence-electron chi connectivity index (χ2n) is 5.42. The molecule has 0 saturated heterocycles. The molecule has 24 heavy (non-hydrogen) atoms. The summed E-state index contributed by atoms with van der Waals surface area (Å²) in [6.45, 7) is 0.175. The number of carbonyl (C=O) groups is 2. The van der Waals surface area contributed by atoms with Gasteiger partial charge in [-0.3, -0.25) is 0 Å². The molecule has 8 heteroatoms. The van der Waals surface area contributed by atoms with Gasteiger partial charge in [0.15, 0.2) is 5.69 Å². The second kappa shape index (κ2) is 6.92. The molecular formula is C16H16ClN3O4. The number of ether oxygens (including phenoxy) is 1. The molecule has 1 heterocycles. The number of methoxy groups -OCH3 is 1. The van der Waals surface area contributed by atoms with Gasteiger partial charge in [-0.2, -0.15) is 0 Å². The summed E-state index contributed by atoms with van der Waals surface area (Å²) >= 11 is 5.92. The summed E-state index contributed by atoms with van der Waals surface area (Å²) < 4.78 is 9.85. The number of halogens is 1. The standard InChI is InChI=1S/C16H16ClN3O4/c1-23-15(21)13-9-24-14(19-13)8-20(12-5-6-12)16(22)18-11-4-2-3-10(17)7-11/h2-4,7,9,12H,5-6,8H2,1H3,(H,18,22). The molecule has 1 fully saturated rings. The van der Waals surface area contributed by atoms with Crippen LogP contribution in [0.3, 0.4) is 0 Å². The van der Waals surface area contributed by atoms with E-state index in [2.05, 4.69) is 15.0 Å². The van der Waals surface area contributed by atoms with Crippen molar-refractivity contribution in [2.45, 2.75) is 25.4 Å². The number of nitrogens with zero attached hydrogens (tertiary/aromatic N) is 2. The van der Waals surface area contributed by atoms with E-state index in [-0.39, 0.29) is 30.2 Å². The number of hydrogen-bond donors (Lipinski definition) is 1. The van der Waals surface area contributed by atoms with E-state index in [1.165, 1.54) is 13.4 Å². The normalized spacial score (nSPS) is 13.4. The molecule has 1 aliphatic rings. The van der Waals surface area contributed by atoms with Crippen molar-refractivity contribution in [1.29, 1.82) is 0 Å². The maximum atomic E-state index is 12.5. The van der Waals surface area contributed by atoms with Crippen molar-refractivity contribution >= 4 is 29.3 Å². The Kier molecular flexibility index (Phi) is 4.71. The molecule has 1 aromatic carbocycles. The van der Waals surface area contributed by atoms with Crippen LogP contribution in [-0.2, 0) is 11.3 Å². The molecule has 0 bridgehead atoms. The van der Waals surface area contributed by atoms with Gasteiger partial charge in [0.2, 0.25) is 5.89 Å². The molecule has 1 N–H and O–H groups in total. The highest BCUT2D eigenvalue weighted by Gasteiger charge is 2.34. The van der Waals surface area contributed by atoms with Gasteiger partial charge < -0.3 is 19.4 Å². The van der Waals surface area contributed by atoms with Gasteiger partial charge in [-0.15, -0.1) is 0 Å². The third-order valence-electron chi connectivity index (χ3n) is 3.58. The van der Waals surface area contributed by atoms with Crippen LogP contribution < -0.4 is 5.32 Å². The Balaban J connectivity index is 1.69. The molecule has 0 unspecified atom stereocenters. The van der Waals surface area contributed by atoms with Crippen LogP contribution in [0.5, 0.6) is 0 Å². The fourth-order valence-corrected chi connectivity index (χ4v) is 2.43. The van der Waals surface area contributed by atoms with Gasteiger partial charge in [0.25, 0.3) is 0 Å². The average Bonchev–Trinajstić information content (AvgIpc) is 3.29. The Morgan fingerprint density at radius 3 is 2.92 bits per heavy atom. The molecule has 1 saturated carbocycles. The first kappa shape index (κ1) is 16.3. The zero-order valence-electron chi connectivity index (χ0n) is 13.0. The fourth-order valence-electron chi connectivity index (χ4n) is 2.24. The lowest BCUT2D eigenvalue weighted by Gasteiger charge is -2.21. The Hall–Kier alpha value is -2.54. The molecule has 126 valence electrons. The first-order valence-electron chi connectivity index (χ1n) is 7.42. The third kappa shape index (κ3) is 3.86. The van der Waals surface area contributed by atoms with E-state index >= 15 is 0 Å². The molecule has 3 rings (SSSR count). The number of anilines is 1. The number of carbonyl (C=O) groups excluding carboxylic acids is 2. The molecule has 1 aromatic heterocycles. The van der Waals surface area contributed by atoms with Crippen LogP contribution in [-0.4, -0.2) is 35.0 Å². The molecule has 0 spiro atoms. The lowest BCUT2D eigenvalue weighted by atomic mass is 10.3. The summed E-state index contributed by atoms with van der Waals surface area (Å²) in [6.07, 6.45) is 3.07. The van der Waals surface area contributed by atoms with Crippen LogP contribution in [0.4, 0.5) is 10.5 Å². The topological polar surface area (TPSA) is 84.7 Å². The molecule has 7 nitrogen and oxygen atoms in total. The molecule has 0 aliphatic heterocycles. The number of nitrogens with one attached hydrogen (secondary N) is 1. The highest BCUT2D eigenvalue weighted by molar-refractivity contribution is 6.30. The lowest BCUT2D eigenvalue weighted by Crippen LogP contribution is -2.36. The van der Waals surface area contributed by atoms with Gasteiger partial charge in [-0.25, -0.2) is 14.6 Å². The van der Waals surface area contributed by atoms with E-state index in [4.69, 9.17) is 16.0 Å². The van der Waals surface area contributed by atoms with E-state index in [9.17, 15) is 9.59 Å². The number of oxazole rings is 1. The van der Waals surface area contributed by atoms with Crippen molar-refractivity contribution in [3.8, 4) is 0 Å². The predicted molar refractivity (Wildman–Crippen MR) is 86.9 cm³/mol. The summed E-state index contributed by atoms with van der Waals surface area (Å²) in [4.78, 5) is 29.6. The second-order valence-corrected chi connectivity index (χ2v) is 5.85. The Labute approximate surface area is 143 Å². The molecule has 2 aromatic rings. The summed E-state index contributed by atoms with van der Waals surface area (Å²) in [5.74, 6) is -0.296. The molecular weight excluding hydrogens is 334 g/mol. The van der Waals surface area contributed by atoms with Crippen molar-refractivity contribution in [2.24, 2.45) is 0 Å². The first-order valence-corrected chi connectivity index (χ1v) is 7.80. The minimum atomic E-state index is -0.577. The SMILES string of the molecule is COC(=O)c1coc(CN(C(=O)Nc2cccc(Cl)c2)C2CC2)n1. The van der Waals surface area contributed by atoms with Gasteiger partial charge in [0.05, 0.1) is 13.7 Å². The Morgan fingerprint density at radius 2 is 2.25 bits per heavy atom. The Bertz CT molecular complexity index is 757. The highest BCUT2D eigenvalue weighted by Crippen LogP contribution is 2.29. The van der Waals surface area contributed by atoms with Crippen molar-refractivity contribution in [2.75, 3.05) is 12.4 Å². The number of amides is 2. The monoisotopic (exact) mass is 349 g/mol. The smallest absolute Gasteiger partial charge is 0.360 e. The lowest BCUT2D eigenvalue weighted by molar-refractivity contribution is 0.0594. The number of aromatic nitrogens is 1. The predicted octanol–water partition coefficient (Wildman–Crippen LogP) is 3.31. The van der Waals surface area contributed by atoms with Gasteiger partial charge in [0.1, 0.15) is 6.26 Å². The zero-order valence-corrected chi connectivity index (χ0v) is 13.7. The van der Waals surface area contributed by atoms with Crippen LogP contribution in [0.25, 0.3) is 0 Å². The maximum Gasteiger partial charge on any atom is 0.360 e. The minimum Gasteiger partial charge on any atom is -0.464 e. The van der Waals surface area contributed by atoms with E-state index in [1.807, 2.05) is 0 Å². The molecule has 0 atom stereocenters.